The van der Waals surface area contributed by atoms with Gasteiger partial charge in [0, 0.05) is 19.7 Å². The van der Waals surface area contributed by atoms with Crippen LogP contribution in [0.5, 0.6) is 0 Å². The lowest BCUT2D eigenvalue weighted by atomic mass is 10.1. The average molecular weight is 331 g/mol. The van der Waals surface area contributed by atoms with Crippen molar-refractivity contribution in [2.24, 2.45) is 0 Å². The van der Waals surface area contributed by atoms with E-state index < -0.39 is 10.8 Å². The van der Waals surface area contributed by atoms with E-state index in [1.165, 1.54) is 5.01 Å². The fourth-order valence-corrected chi connectivity index (χ4v) is 1.95. The van der Waals surface area contributed by atoms with Gasteiger partial charge in [0.15, 0.2) is 0 Å². The summed E-state index contributed by atoms with van der Waals surface area (Å²) in [7, 11) is 3.33. The Kier molecular flexibility index (Phi) is 5.22. The van der Waals surface area contributed by atoms with Gasteiger partial charge in [-0.1, -0.05) is 18.2 Å². The van der Waals surface area contributed by atoms with E-state index >= 15 is 0 Å². The summed E-state index contributed by atoms with van der Waals surface area (Å²) in [6.45, 7) is 1.79. The van der Waals surface area contributed by atoms with Crippen LogP contribution >= 0.6 is 0 Å². The second kappa shape index (κ2) is 7.33. The Bertz CT molecular complexity index is 764. The Hall–Kier alpha value is -3.27. The number of amides is 1. The summed E-state index contributed by atoms with van der Waals surface area (Å²) in [6.07, 6.45) is 1.15. The fourth-order valence-electron chi connectivity index (χ4n) is 1.95. The summed E-state index contributed by atoms with van der Waals surface area (Å²) in [5.41, 5.74) is 8.46. The van der Waals surface area contributed by atoms with E-state index in [-0.39, 0.29) is 17.3 Å². The number of aromatic nitrogens is 2. The van der Waals surface area contributed by atoms with Gasteiger partial charge >= 0.3 is 5.69 Å². The number of carbonyl (C=O) groups excluding carboxylic acids is 1. The number of benzene rings is 1. The quantitative estimate of drug-likeness (QED) is 0.535. The Balaban J connectivity index is 2.22. The van der Waals surface area contributed by atoms with E-state index in [1.807, 2.05) is 6.07 Å². The summed E-state index contributed by atoms with van der Waals surface area (Å²) >= 11 is 0. The number of hydrogen-bond donors (Lipinski definition) is 3. The van der Waals surface area contributed by atoms with Crippen molar-refractivity contribution < 1.29 is 9.72 Å². The fraction of sp³-hybridized carbons (Fsp3) is 0.214. The highest BCUT2D eigenvalue weighted by atomic mass is 16.6. The molecule has 0 radical (unpaired) electrons. The number of hydrogen-bond acceptors (Lipinski definition) is 8. The van der Waals surface area contributed by atoms with Gasteiger partial charge in [0.25, 0.3) is 5.91 Å². The van der Waals surface area contributed by atoms with E-state index in [2.05, 4.69) is 26.2 Å². The molecule has 3 N–H and O–H groups in total. The summed E-state index contributed by atoms with van der Waals surface area (Å²) in [5.74, 6) is -0.544. The number of aryl methyl sites for hydroxylation is 1. The van der Waals surface area contributed by atoms with E-state index in [9.17, 15) is 14.9 Å². The smallest absolute Gasteiger partial charge is 0.298 e. The van der Waals surface area contributed by atoms with Crippen molar-refractivity contribution in [1.29, 1.82) is 0 Å². The molecule has 0 aliphatic carbocycles. The maximum absolute atomic E-state index is 12.2. The molecule has 0 spiro atoms. The lowest BCUT2D eigenvalue weighted by Crippen LogP contribution is -2.31. The number of hydrazine groups is 2. The van der Waals surface area contributed by atoms with Crippen LogP contribution in [0.1, 0.15) is 15.9 Å². The highest BCUT2D eigenvalue weighted by molar-refractivity contribution is 5.96. The van der Waals surface area contributed by atoms with Gasteiger partial charge in [-0.3, -0.25) is 31.2 Å². The van der Waals surface area contributed by atoms with E-state index in [0.717, 1.165) is 11.9 Å². The number of nitro groups is 1. The Labute approximate surface area is 138 Å². The van der Waals surface area contributed by atoms with Crippen LogP contribution in [0.4, 0.5) is 17.3 Å². The average Bonchev–Trinajstić information content (AvgIpc) is 2.52. The minimum Gasteiger partial charge on any atom is -0.298 e. The molecule has 0 unspecified atom stereocenters. The highest BCUT2D eigenvalue weighted by Crippen LogP contribution is 2.28. The number of nitrogens with zero attached hydrogens (tertiary/aromatic N) is 4. The Morgan fingerprint density at radius 2 is 1.88 bits per heavy atom. The standard InChI is InChI=1S/C14H17N7O3/c1-9-6-4-5-7-10(9)14(22)18-17-12-11(21(23)24)13(16-8-15-12)19-20(2)3/h4-8H,1-3H3,(H,18,22)(H2,15,16,17,19). The first-order valence-electron chi connectivity index (χ1n) is 6.95. The molecule has 0 atom stereocenters. The lowest BCUT2D eigenvalue weighted by molar-refractivity contribution is -0.383. The van der Waals surface area contributed by atoms with Crippen molar-refractivity contribution in [3.05, 3.63) is 51.8 Å². The predicted octanol–water partition coefficient (Wildman–Crippen LogP) is 1.34. The highest BCUT2D eigenvalue weighted by Gasteiger charge is 2.24. The van der Waals surface area contributed by atoms with Gasteiger partial charge in [0.05, 0.1) is 4.92 Å². The van der Waals surface area contributed by atoms with E-state index in [0.29, 0.717) is 5.56 Å². The van der Waals surface area contributed by atoms with Crippen LogP contribution < -0.4 is 16.3 Å². The zero-order chi connectivity index (χ0) is 17.7. The number of rotatable bonds is 6. The molecule has 0 aliphatic heterocycles. The third-order valence-corrected chi connectivity index (χ3v) is 3.02. The molecule has 24 heavy (non-hydrogen) atoms. The van der Waals surface area contributed by atoms with Gasteiger partial charge in [-0.25, -0.2) is 15.0 Å². The molecule has 1 amide bonds. The molecule has 1 aromatic carbocycles. The van der Waals surface area contributed by atoms with E-state index in [4.69, 9.17) is 0 Å². The zero-order valence-corrected chi connectivity index (χ0v) is 13.4. The monoisotopic (exact) mass is 331 g/mol. The first-order valence-corrected chi connectivity index (χ1v) is 6.95. The molecule has 2 aromatic rings. The van der Waals surface area contributed by atoms with Gasteiger partial charge in [-0.05, 0) is 18.6 Å². The molecule has 0 bridgehead atoms. The number of nitrogens with one attached hydrogen (secondary N) is 3. The van der Waals surface area contributed by atoms with Crippen molar-refractivity contribution in [2.75, 3.05) is 24.9 Å². The molecular formula is C14H17N7O3. The summed E-state index contributed by atoms with van der Waals surface area (Å²) in [6, 6.07) is 6.99. The summed E-state index contributed by atoms with van der Waals surface area (Å²) < 4.78 is 0. The third kappa shape index (κ3) is 3.93. The van der Waals surface area contributed by atoms with Gasteiger partial charge in [-0.2, -0.15) is 0 Å². The van der Waals surface area contributed by atoms with Gasteiger partial charge < -0.3 is 0 Å². The molecule has 1 heterocycles. The first kappa shape index (κ1) is 17.1. The van der Waals surface area contributed by atoms with E-state index in [1.54, 1.807) is 39.2 Å². The number of carbonyl (C=O) groups is 1. The van der Waals surface area contributed by atoms with Crippen LogP contribution in [0.15, 0.2) is 30.6 Å². The second-order valence-electron chi connectivity index (χ2n) is 5.08. The van der Waals surface area contributed by atoms with Crippen LogP contribution in [-0.4, -0.2) is 39.9 Å². The van der Waals surface area contributed by atoms with Gasteiger partial charge in [-0.15, -0.1) is 0 Å². The van der Waals surface area contributed by atoms with Crippen LogP contribution in [0.25, 0.3) is 0 Å². The molecular weight excluding hydrogens is 314 g/mol. The van der Waals surface area contributed by atoms with Gasteiger partial charge in [0.1, 0.15) is 6.33 Å². The SMILES string of the molecule is Cc1ccccc1C(=O)NNc1ncnc(NN(C)C)c1[N+](=O)[O-]. The topological polar surface area (TPSA) is 125 Å². The second-order valence-corrected chi connectivity index (χ2v) is 5.08. The molecule has 10 nitrogen and oxygen atoms in total. The van der Waals surface area contributed by atoms with Crippen LogP contribution in [-0.2, 0) is 0 Å². The number of anilines is 2. The molecule has 10 heteroatoms. The van der Waals surface area contributed by atoms with Crippen molar-refractivity contribution in [2.45, 2.75) is 6.92 Å². The van der Waals surface area contributed by atoms with Crippen molar-refractivity contribution in [1.82, 2.24) is 20.4 Å². The summed E-state index contributed by atoms with van der Waals surface area (Å²) in [4.78, 5) is 30.5. The van der Waals surface area contributed by atoms with Crippen molar-refractivity contribution >= 4 is 23.2 Å². The summed E-state index contributed by atoms with van der Waals surface area (Å²) in [5, 5.41) is 12.8. The molecule has 0 saturated heterocycles. The van der Waals surface area contributed by atoms with Crippen LogP contribution in [0, 0.1) is 17.0 Å². The largest absolute Gasteiger partial charge is 0.356 e. The van der Waals surface area contributed by atoms with Crippen LogP contribution in [0.2, 0.25) is 0 Å². The molecule has 0 fully saturated rings. The first-order chi connectivity index (χ1) is 11.4. The van der Waals surface area contributed by atoms with Gasteiger partial charge in [0.2, 0.25) is 11.6 Å². The Morgan fingerprint density at radius 1 is 1.21 bits per heavy atom. The zero-order valence-electron chi connectivity index (χ0n) is 13.4. The molecule has 0 saturated carbocycles. The minimum atomic E-state index is -0.631. The van der Waals surface area contributed by atoms with Crippen LogP contribution in [0.3, 0.4) is 0 Å². The Morgan fingerprint density at radius 3 is 2.50 bits per heavy atom. The normalized spacial score (nSPS) is 10.3. The maximum Gasteiger partial charge on any atom is 0.356 e. The molecule has 126 valence electrons. The minimum absolute atomic E-state index is 0.00707. The van der Waals surface area contributed by atoms with Crippen molar-refractivity contribution in [3.63, 3.8) is 0 Å². The third-order valence-electron chi connectivity index (χ3n) is 3.02. The maximum atomic E-state index is 12.2. The molecule has 1 aromatic heterocycles. The van der Waals surface area contributed by atoms with Crippen molar-refractivity contribution in [3.8, 4) is 0 Å². The lowest BCUT2D eigenvalue weighted by Gasteiger charge is -2.14. The molecule has 0 aliphatic rings. The predicted molar refractivity (Wildman–Crippen MR) is 88.3 cm³/mol. The molecule has 2 rings (SSSR count).